The van der Waals surface area contributed by atoms with Gasteiger partial charge >= 0.3 is 5.97 Å². The molecule has 0 radical (unpaired) electrons. The zero-order valence-electron chi connectivity index (χ0n) is 13.1. The van der Waals surface area contributed by atoms with Crippen LogP contribution >= 0.6 is 0 Å². The number of benzene rings is 1. The van der Waals surface area contributed by atoms with Crippen LogP contribution in [-0.2, 0) is 20.9 Å². The first-order chi connectivity index (χ1) is 11.6. The highest BCUT2D eigenvalue weighted by Gasteiger charge is 2.12. The van der Waals surface area contributed by atoms with Crippen molar-refractivity contribution in [1.82, 2.24) is 15.3 Å². The Morgan fingerprint density at radius 2 is 1.92 bits per heavy atom. The number of nitrogens with one attached hydrogen (secondary N) is 1. The average molecular weight is 332 g/mol. The smallest absolute Gasteiger partial charge is 0.326 e. The summed E-state index contributed by atoms with van der Waals surface area (Å²) in [6.45, 7) is -0.498. The SMILES string of the molecule is CN(CC(=O)OCC(=O)NCc1ccccc1F)c1ncccn1. The van der Waals surface area contributed by atoms with Crippen LogP contribution in [0.25, 0.3) is 0 Å². The number of hydrogen-bond acceptors (Lipinski definition) is 6. The molecule has 7 nitrogen and oxygen atoms in total. The number of ether oxygens (including phenoxy) is 1. The molecule has 0 atom stereocenters. The zero-order valence-corrected chi connectivity index (χ0v) is 13.1. The molecule has 0 bridgehead atoms. The molecule has 24 heavy (non-hydrogen) atoms. The van der Waals surface area contributed by atoms with Crippen molar-refractivity contribution in [2.24, 2.45) is 0 Å². The minimum atomic E-state index is -0.592. The fourth-order valence-corrected chi connectivity index (χ4v) is 1.83. The quantitative estimate of drug-likeness (QED) is 0.759. The van der Waals surface area contributed by atoms with Crippen LogP contribution in [0.5, 0.6) is 0 Å². The summed E-state index contributed by atoms with van der Waals surface area (Å²) in [5, 5.41) is 2.49. The van der Waals surface area contributed by atoms with Gasteiger partial charge in [0.2, 0.25) is 5.95 Å². The van der Waals surface area contributed by atoms with Gasteiger partial charge in [0, 0.05) is 31.5 Å². The van der Waals surface area contributed by atoms with E-state index in [0.29, 0.717) is 11.5 Å². The monoisotopic (exact) mass is 332 g/mol. The standard InChI is InChI=1S/C16H17FN4O3/c1-21(16-18-7-4-8-19-16)10-15(23)24-11-14(22)20-9-12-5-2-3-6-13(12)17/h2-8H,9-11H2,1H3,(H,20,22). The first kappa shape index (κ1) is 17.3. The number of rotatable bonds is 7. The molecular formula is C16H17FN4O3. The van der Waals surface area contributed by atoms with Crippen molar-refractivity contribution in [1.29, 1.82) is 0 Å². The van der Waals surface area contributed by atoms with Gasteiger partial charge in [-0.15, -0.1) is 0 Å². The van der Waals surface area contributed by atoms with Gasteiger partial charge in [-0.1, -0.05) is 18.2 Å². The minimum absolute atomic E-state index is 0.0286. The van der Waals surface area contributed by atoms with E-state index in [9.17, 15) is 14.0 Å². The lowest BCUT2D eigenvalue weighted by Crippen LogP contribution is -2.33. The Morgan fingerprint density at radius 3 is 2.62 bits per heavy atom. The van der Waals surface area contributed by atoms with Crippen molar-refractivity contribution < 1.29 is 18.7 Å². The molecule has 0 spiro atoms. The third-order valence-corrected chi connectivity index (χ3v) is 3.06. The number of carbonyl (C=O) groups excluding carboxylic acids is 2. The van der Waals surface area contributed by atoms with Crippen LogP contribution in [0.4, 0.5) is 10.3 Å². The number of hydrogen-bond donors (Lipinski definition) is 1. The van der Waals surface area contributed by atoms with E-state index >= 15 is 0 Å². The Hall–Kier alpha value is -3.03. The third kappa shape index (κ3) is 5.31. The molecule has 126 valence electrons. The van der Waals surface area contributed by atoms with Crippen molar-refractivity contribution in [2.45, 2.75) is 6.54 Å². The van der Waals surface area contributed by atoms with Gasteiger partial charge in [-0.25, -0.2) is 14.4 Å². The predicted octanol–water partition coefficient (Wildman–Crippen LogP) is 0.911. The highest BCUT2D eigenvalue weighted by Crippen LogP contribution is 2.05. The van der Waals surface area contributed by atoms with Gasteiger partial charge in [-0.3, -0.25) is 9.59 Å². The second kappa shape index (κ2) is 8.56. The van der Waals surface area contributed by atoms with Gasteiger partial charge < -0.3 is 15.0 Å². The molecule has 0 aliphatic rings. The maximum absolute atomic E-state index is 13.4. The van der Waals surface area contributed by atoms with Crippen molar-refractivity contribution in [3.05, 3.63) is 54.1 Å². The number of nitrogens with zero attached hydrogens (tertiary/aromatic N) is 3. The van der Waals surface area contributed by atoms with Gasteiger partial charge in [0.05, 0.1) is 0 Å². The van der Waals surface area contributed by atoms with Crippen LogP contribution in [0.1, 0.15) is 5.56 Å². The van der Waals surface area contributed by atoms with Crippen LogP contribution < -0.4 is 10.2 Å². The summed E-state index contributed by atoms with van der Waals surface area (Å²) >= 11 is 0. The molecule has 1 aromatic heterocycles. The molecule has 1 N–H and O–H groups in total. The normalized spacial score (nSPS) is 10.1. The molecule has 0 saturated heterocycles. The fraction of sp³-hybridized carbons (Fsp3) is 0.250. The van der Waals surface area contributed by atoms with Crippen LogP contribution in [0.2, 0.25) is 0 Å². The van der Waals surface area contributed by atoms with E-state index in [2.05, 4.69) is 15.3 Å². The fourth-order valence-electron chi connectivity index (χ4n) is 1.83. The molecule has 0 aliphatic heterocycles. The molecular weight excluding hydrogens is 315 g/mol. The third-order valence-electron chi connectivity index (χ3n) is 3.06. The predicted molar refractivity (Wildman–Crippen MR) is 84.5 cm³/mol. The molecule has 1 amide bonds. The minimum Gasteiger partial charge on any atom is -0.454 e. The Morgan fingerprint density at radius 1 is 1.21 bits per heavy atom. The van der Waals surface area contributed by atoms with Crippen molar-refractivity contribution >= 4 is 17.8 Å². The Balaban J connectivity index is 1.71. The summed E-state index contributed by atoms with van der Waals surface area (Å²) < 4.78 is 18.3. The second-order valence-corrected chi connectivity index (χ2v) is 4.93. The van der Waals surface area contributed by atoms with Gasteiger partial charge in [0.25, 0.3) is 5.91 Å². The summed E-state index contributed by atoms with van der Waals surface area (Å²) in [7, 11) is 1.63. The van der Waals surface area contributed by atoms with Gasteiger partial charge in [0.15, 0.2) is 6.61 Å². The van der Waals surface area contributed by atoms with E-state index in [4.69, 9.17) is 4.74 Å². The van der Waals surface area contributed by atoms with E-state index in [-0.39, 0.29) is 13.1 Å². The lowest BCUT2D eigenvalue weighted by molar-refractivity contribution is -0.147. The Labute approximate surface area is 138 Å². The van der Waals surface area contributed by atoms with E-state index in [1.807, 2.05) is 0 Å². The van der Waals surface area contributed by atoms with Crippen LogP contribution in [0.3, 0.4) is 0 Å². The number of halogens is 1. The summed E-state index contributed by atoms with van der Waals surface area (Å²) in [5.74, 6) is -1.13. The molecule has 1 aromatic carbocycles. The molecule has 0 saturated carbocycles. The van der Waals surface area contributed by atoms with Crippen LogP contribution in [-0.4, -0.2) is 42.0 Å². The number of anilines is 1. The maximum Gasteiger partial charge on any atom is 0.326 e. The molecule has 0 fully saturated rings. The van der Waals surface area contributed by atoms with E-state index in [0.717, 1.165) is 0 Å². The molecule has 2 rings (SSSR count). The largest absolute Gasteiger partial charge is 0.454 e. The second-order valence-electron chi connectivity index (χ2n) is 4.93. The summed E-state index contributed by atoms with van der Waals surface area (Å²) in [6.07, 6.45) is 3.11. The molecule has 0 aliphatic carbocycles. The van der Waals surface area contributed by atoms with Crippen molar-refractivity contribution in [2.75, 3.05) is 25.1 Å². The molecule has 2 aromatic rings. The van der Waals surface area contributed by atoms with E-state index in [1.165, 1.54) is 11.0 Å². The average Bonchev–Trinajstić information content (AvgIpc) is 2.60. The molecule has 8 heteroatoms. The molecule has 1 heterocycles. The van der Waals surface area contributed by atoms with Crippen molar-refractivity contribution in [3.63, 3.8) is 0 Å². The number of aromatic nitrogens is 2. The number of carbonyl (C=O) groups is 2. The van der Waals surface area contributed by atoms with E-state index in [1.54, 1.807) is 43.7 Å². The highest BCUT2D eigenvalue weighted by atomic mass is 19.1. The van der Waals surface area contributed by atoms with Crippen LogP contribution in [0.15, 0.2) is 42.7 Å². The number of amides is 1. The van der Waals surface area contributed by atoms with Crippen molar-refractivity contribution in [3.8, 4) is 0 Å². The lowest BCUT2D eigenvalue weighted by Gasteiger charge is -2.15. The van der Waals surface area contributed by atoms with Gasteiger partial charge in [0.1, 0.15) is 12.4 Å². The Kier molecular flexibility index (Phi) is 6.18. The number of esters is 1. The zero-order chi connectivity index (χ0) is 17.4. The van der Waals surface area contributed by atoms with Gasteiger partial charge in [-0.05, 0) is 12.1 Å². The lowest BCUT2D eigenvalue weighted by atomic mass is 10.2. The van der Waals surface area contributed by atoms with Crippen LogP contribution in [0, 0.1) is 5.82 Å². The number of likely N-dealkylation sites (N-methyl/N-ethyl adjacent to an activating group) is 1. The Bertz CT molecular complexity index is 697. The highest BCUT2D eigenvalue weighted by molar-refractivity contribution is 5.81. The summed E-state index contributed by atoms with van der Waals surface area (Å²) in [6, 6.07) is 7.77. The first-order valence-electron chi connectivity index (χ1n) is 7.20. The van der Waals surface area contributed by atoms with E-state index < -0.39 is 24.3 Å². The van der Waals surface area contributed by atoms with Gasteiger partial charge in [-0.2, -0.15) is 0 Å². The maximum atomic E-state index is 13.4. The molecule has 0 unspecified atom stereocenters. The first-order valence-corrected chi connectivity index (χ1v) is 7.20. The summed E-state index contributed by atoms with van der Waals surface area (Å²) in [5.41, 5.74) is 0.359. The topological polar surface area (TPSA) is 84.4 Å². The summed E-state index contributed by atoms with van der Waals surface area (Å²) in [4.78, 5) is 32.8.